The summed E-state index contributed by atoms with van der Waals surface area (Å²) in [5, 5.41) is 0. The van der Waals surface area contributed by atoms with Crippen molar-refractivity contribution in [1.82, 2.24) is 0 Å². The number of carbonyl (C=O) groups excluding carboxylic acids is 1. The van der Waals surface area contributed by atoms with E-state index in [0.717, 1.165) is 70.6 Å². The number of unbranched alkanes of at least 4 members (excludes halogenated alkanes) is 14. The molecule has 0 aromatic carbocycles. The lowest BCUT2D eigenvalue weighted by Gasteiger charge is -2.24. The fourth-order valence-electron chi connectivity index (χ4n) is 5.07. The Hall–Kier alpha value is -1.54. The first kappa shape index (κ1) is 48.5. The lowest BCUT2D eigenvalue weighted by atomic mass is 10.1. The highest BCUT2D eigenvalue weighted by atomic mass is 31.2. The first-order valence-corrected chi connectivity index (χ1v) is 21.4. The van der Waals surface area contributed by atoms with Crippen LogP contribution in [0.15, 0.2) is 48.6 Å². The molecule has 0 heterocycles. The summed E-state index contributed by atoms with van der Waals surface area (Å²) < 4.78 is 34.8. The van der Waals surface area contributed by atoms with Crippen molar-refractivity contribution in [2.75, 3.05) is 54.1 Å². The van der Waals surface area contributed by atoms with E-state index in [1.165, 1.54) is 57.8 Å². The Balaban J connectivity index is 4.26. The second-order valence-electron chi connectivity index (χ2n) is 14.3. The van der Waals surface area contributed by atoms with Crippen LogP contribution >= 0.6 is 7.82 Å². The number of nitrogens with zero attached hydrogens (tertiary/aromatic N) is 1. The van der Waals surface area contributed by atoms with Crippen LogP contribution in [-0.4, -0.2) is 75.6 Å². The van der Waals surface area contributed by atoms with Gasteiger partial charge in [0.05, 0.1) is 34.4 Å². The lowest BCUT2D eigenvalue weighted by Crippen LogP contribution is -2.37. The van der Waals surface area contributed by atoms with Gasteiger partial charge in [-0.1, -0.05) is 140 Å². The first-order chi connectivity index (χ1) is 24.1. The average molecular weight is 727 g/mol. The topological polar surface area (TPSA) is 91.3 Å². The van der Waals surface area contributed by atoms with Crippen molar-refractivity contribution in [3.8, 4) is 0 Å². The van der Waals surface area contributed by atoms with Crippen molar-refractivity contribution in [2.45, 2.75) is 155 Å². The summed E-state index contributed by atoms with van der Waals surface area (Å²) in [6.07, 6.45) is 39.9. The molecule has 0 aromatic rings. The van der Waals surface area contributed by atoms with E-state index in [4.69, 9.17) is 18.5 Å². The highest BCUT2D eigenvalue weighted by molar-refractivity contribution is 7.47. The Morgan fingerprint density at radius 1 is 0.640 bits per heavy atom. The van der Waals surface area contributed by atoms with E-state index in [0.29, 0.717) is 24.1 Å². The molecular weight excluding hydrogens is 649 g/mol. The molecule has 0 rings (SSSR count). The molecule has 0 aromatic heterocycles. The summed E-state index contributed by atoms with van der Waals surface area (Å²) in [5.74, 6) is -0.330. The average Bonchev–Trinajstić information content (AvgIpc) is 3.06. The van der Waals surface area contributed by atoms with Crippen molar-refractivity contribution >= 4 is 13.8 Å². The number of esters is 1. The third kappa shape index (κ3) is 37.7. The minimum atomic E-state index is -4.27. The first-order valence-electron chi connectivity index (χ1n) is 19.9. The number of hydrogen-bond acceptors (Lipinski definition) is 6. The third-order valence-corrected chi connectivity index (χ3v) is 9.14. The number of carbonyl (C=O) groups is 1. The molecule has 1 N–H and O–H groups in total. The molecule has 0 aliphatic carbocycles. The molecule has 9 heteroatoms. The number of likely N-dealkylation sites (N-methyl/N-ethyl adjacent to an activating group) is 1. The van der Waals surface area contributed by atoms with Gasteiger partial charge in [-0.2, -0.15) is 0 Å². The van der Waals surface area contributed by atoms with Gasteiger partial charge in [-0.15, -0.1) is 0 Å². The summed E-state index contributed by atoms with van der Waals surface area (Å²) >= 11 is 0. The van der Waals surface area contributed by atoms with E-state index in [1.54, 1.807) is 0 Å². The fourth-order valence-corrected chi connectivity index (χ4v) is 5.81. The molecular formula is C41H77NO7P+. The number of hydrogen-bond donors (Lipinski definition) is 1. The molecule has 0 amide bonds. The zero-order valence-corrected chi connectivity index (χ0v) is 33.8. The number of ether oxygens (including phenoxy) is 2. The Labute approximate surface area is 308 Å². The number of quaternary nitrogens is 1. The number of allylic oxidation sites excluding steroid dienone is 8. The summed E-state index contributed by atoms with van der Waals surface area (Å²) in [6.45, 7) is 5.46. The molecule has 0 saturated heterocycles. The second kappa shape index (κ2) is 34.5. The maximum Gasteiger partial charge on any atom is 0.472 e. The van der Waals surface area contributed by atoms with Crippen LogP contribution in [-0.2, 0) is 27.9 Å². The second-order valence-corrected chi connectivity index (χ2v) is 15.7. The molecule has 0 fully saturated rings. The molecule has 2 atom stereocenters. The van der Waals surface area contributed by atoms with Gasteiger partial charge >= 0.3 is 13.8 Å². The van der Waals surface area contributed by atoms with Crippen molar-refractivity contribution in [1.29, 1.82) is 0 Å². The summed E-state index contributed by atoms with van der Waals surface area (Å²) in [5.41, 5.74) is 0. The van der Waals surface area contributed by atoms with Crippen LogP contribution in [0.2, 0.25) is 0 Å². The van der Waals surface area contributed by atoms with Crippen LogP contribution in [0.3, 0.4) is 0 Å². The Morgan fingerprint density at radius 3 is 1.74 bits per heavy atom. The van der Waals surface area contributed by atoms with Crippen LogP contribution in [0.5, 0.6) is 0 Å². The molecule has 8 nitrogen and oxygen atoms in total. The van der Waals surface area contributed by atoms with Gasteiger partial charge in [-0.05, 0) is 51.4 Å². The molecule has 0 spiro atoms. The van der Waals surface area contributed by atoms with Gasteiger partial charge in [0.25, 0.3) is 0 Å². The van der Waals surface area contributed by atoms with Crippen LogP contribution in [0.1, 0.15) is 149 Å². The van der Waals surface area contributed by atoms with Gasteiger partial charge in [0.2, 0.25) is 0 Å². The van der Waals surface area contributed by atoms with Gasteiger partial charge in [-0.3, -0.25) is 13.8 Å². The molecule has 2 unspecified atom stereocenters. The summed E-state index contributed by atoms with van der Waals surface area (Å²) in [4.78, 5) is 22.8. The molecule has 50 heavy (non-hydrogen) atoms. The van der Waals surface area contributed by atoms with E-state index >= 15 is 0 Å². The molecule has 292 valence electrons. The van der Waals surface area contributed by atoms with Crippen LogP contribution < -0.4 is 0 Å². The highest BCUT2D eigenvalue weighted by Gasteiger charge is 2.26. The molecule has 0 saturated carbocycles. The van der Waals surface area contributed by atoms with Crippen molar-refractivity contribution < 1.29 is 37.3 Å². The van der Waals surface area contributed by atoms with Crippen LogP contribution in [0.4, 0.5) is 0 Å². The van der Waals surface area contributed by atoms with Crippen molar-refractivity contribution in [2.24, 2.45) is 0 Å². The minimum Gasteiger partial charge on any atom is -0.457 e. The van der Waals surface area contributed by atoms with Gasteiger partial charge in [0.15, 0.2) is 0 Å². The summed E-state index contributed by atoms with van der Waals surface area (Å²) in [7, 11) is 1.65. The summed E-state index contributed by atoms with van der Waals surface area (Å²) in [6, 6.07) is 0. The van der Waals surface area contributed by atoms with E-state index < -0.39 is 13.9 Å². The van der Waals surface area contributed by atoms with Gasteiger partial charge in [0.1, 0.15) is 19.3 Å². The number of phosphoric acid groups is 1. The molecule has 0 aliphatic rings. The quantitative estimate of drug-likeness (QED) is 0.0226. The van der Waals surface area contributed by atoms with E-state index in [9.17, 15) is 14.3 Å². The maximum absolute atomic E-state index is 12.6. The number of phosphoric ester groups is 1. The standard InChI is InChI=1S/C41H76NO7P/c1-6-8-10-12-14-16-17-18-19-20-21-22-23-24-25-26-28-30-32-34-41(43)49-40(39-48-50(44,45)47-37-35-42(3,4)5)38-46-36-33-31-29-27-15-13-11-9-7-2/h8,10,14,16,18-19,21-22,40H,6-7,9,11-13,15,17,20,23-39H2,1-5H3/p+1/b10-8-,16-14-,19-18-,22-21-. The van der Waals surface area contributed by atoms with Gasteiger partial charge in [-0.25, -0.2) is 4.57 Å². The number of rotatable bonds is 36. The monoisotopic (exact) mass is 727 g/mol. The molecule has 0 bridgehead atoms. The SMILES string of the molecule is CC/C=C\C/C=C\C/C=C\C/C=C\CCCCCCCCC(=O)OC(COCCCCCCCCCCC)COP(=O)(O)OCC[N+](C)(C)C. The Morgan fingerprint density at radius 2 is 1.16 bits per heavy atom. The fraction of sp³-hybridized carbons (Fsp3) is 0.780. The zero-order chi connectivity index (χ0) is 37.0. The minimum absolute atomic E-state index is 0.0846. The van der Waals surface area contributed by atoms with E-state index in [-0.39, 0.29) is 25.8 Å². The van der Waals surface area contributed by atoms with Gasteiger partial charge in [0, 0.05) is 13.0 Å². The molecule has 0 aliphatic heterocycles. The van der Waals surface area contributed by atoms with E-state index in [2.05, 4.69) is 62.5 Å². The highest BCUT2D eigenvalue weighted by Crippen LogP contribution is 2.43. The third-order valence-electron chi connectivity index (χ3n) is 8.15. The van der Waals surface area contributed by atoms with Crippen molar-refractivity contribution in [3.63, 3.8) is 0 Å². The predicted octanol–water partition coefficient (Wildman–Crippen LogP) is 11.2. The van der Waals surface area contributed by atoms with Gasteiger partial charge < -0.3 is 18.9 Å². The Kier molecular flexibility index (Phi) is 33.5. The lowest BCUT2D eigenvalue weighted by molar-refractivity contribution is -0.870. The zero-order valence-electron chi connectivity index (χ0n) is 32.9. The largest absolute Gasteiger partial charge is 0.472 e. The van der Waals surface area contributed by atoms with Crippen LogP contribution in [0.25, 0.3) is 0 Å². The Bertz CT molecular complexity index is 942. The van der Waals surface area contributed by atoms with Crippen LogP contribution in [0, 0.1) is 0 Å². The normalized spacial score (nSPS) is 14.4. The maximum atomic E-state index is 12.6. The smallest absolute Gasteiger partial charge is 0.457 e. The molecule has 0 radical (unpaired) electrons. The van der Waals surface area contributed by atoms with E-state index in [1.807, 2.05) is 21.1 Å². The van der Waals surface area contributed by atoms with Crippen molar-refractivity contribution in [3.05, 3.63) is 48.6 Å². The predicted molar refractivity (Wildman–Crippen MR) is 210 cm³/mol.